The number of aryl methyl sites for hydroxylation is 1. The van der Waals surface area contributed by atoms with E-state index >= 15 is 0 Å². The van der Waals surface area contributed by atoms with Crippen molar-refractivity contribution >= 4 is 21.7 Å². The van der Waals surface area contributed by atoms with Crippen molar-refractivity contribution in [1.82, 2.24) is 4.90 Å². The molecule has 0 spiro atoms. The number of nitrogens with zero attached hydrogens (tertiary/aromatic N) is 1. The van der Waals surface area contributed by atoms with Crippen LogP contribution in [-0.4, -0.2) is 50.1 Å². The van der Waals surface area contributed by atoms with Gasteiger partial charge in [0.1, 0.15) is 6.54 Å². The van der Waals surface area contributed by atoms with Crippen LogP contribution in [0.25, 0.3) is 0 Å². The first-order chi connectivity index (χ1) is 9.04. The number of likely N-dealkylation sites (N-methyl/N-ethyl adjacent to an activating group) is 1. The zero-order valence-electron chi connectivity index (χ0n) is 11.8. The lowest BCUT2D eigenvalue weighted by Crippen LogP contribution is -2.32. The first-order valence-electron chi connectivity index (χ1n) is 5.82. The predicted molar refractivity (Wildman–Crippen MR) is 73.6 cm³/mol. The third-order valence-corrected chi connectivity index (χ3v) is 4.11. The molecule has 7 heteroatoms. The number of hydrogen-bond donors (Lipinski definition) is 1. The van der Waals surface area contributed by atoms with Crippen LogP contribution in [0.5, 0.6) is 0 Å². The van der Waals surface area contributed by atoms with Crippen molar-refractivity contribution in [3.8, 4) is 0 Å². The van der Waals surface area contributed by atoms with Gasteiger partial charge in [0.25, 0.3) is 5.91 Å². The molecule has 1 aromatic carbocycles. The van der Waals surface area contributed by atoms with Gasteiger partial charge in [0.2, 0.25) is 0 Å². The van der Waals surface area contributed by atoms with Gasteiger partial charge in [0.15, 0.2) is 9.84 Å². The highest BCUT2D eigenvalue weighted by molar-refractivity contribution is 7.90. The molecule has 6 nitrogen and oxygen atoms in total. The fraction of sp³-hybridized carbons (Fsp3) is 0.385. The number of carbonyl (C=O) groups is 2. The largest absolute Gasteiger partial charge is 0.480 e. The van der Waals surface area contributed by atoms with Gasteiger partial charge in [-0.3, -0.25) is 9.59 Å². The number of hydrogen-bond acceptors (Lipinski definition) is 4. The Balaban J connectivity index is 3.34. The average molecular weight is 299 g/mol. The van der Waals surface area contributed by atoms with Crippen LogP contribution in [-0.2, 0) is 14.6 Å². The summed E-state index contributed by atoms with van der Waals surface area (Å²) in [7, 11) is -2.07. The Bertz CT molecular complexity index is 664. The van der Waals surface area contributed by atoms with E-state index in [1.807, 2.05) is 0 Å². The molecule has 0 aromatic heterocycles. The van der Waals surface area contributed by atoms with Crippen LogP contribution >= 0.6 is 0 Å². The molecule has 0 heterocycles. The Morgan fingerprint density at radius 2 is 1.80 bits per heavy atom. The Kier molecular flexibility index (Phi) is 4.54. The summed E-state index contributed by atoms with van der Waals surface area (Å²) < 4.78 is 23.2. The first kappa shape index (κ1) is 16.2. The zero-order valence-corrected chi connectivity index (χ0v) is 12.6. The number of carboxylic acid groups (broad SMARTS) is 1. The SMILES string of the molecule is Cc1cc(S(C)(=O)=O)cc(C(=O)N(C)CC(=O)O)c1C. The number of carboxylic acids is 1. The van der Waals surface area contributed by atoms with Gasteiger partial charge in [-0.2, -0.15) is 0 Å². The summed E-state index contributed by atoms with van der Waals surface area (Å²) in [4.78, 5) is 23.9. The lowest BCUT2D eigenvalue weighted by Gasteiger charge is -2.17. The van der Waals surface area contributed by atoms with Gasteiger partial charge in [-0.15, -0.1) is 0 Å². The van der Waals surface area contributed by atoms with Crippen molar-refractivity contribution in [3.05, 3.63) is 28.8 Å². The Hall–Kier alpha value is -1.89. The second-order valence-corrected chi connectivity index (χ2v) is 6.76. The van der Waals surface area contributed by atoms with Crippen LogP contribution in [0.1, 0.15) is 21.5 Å². The maximum Gasteiger partial charge on any atom is 0.323 e. The van der Waals surface area contributed by atoms with Crippen LogP contribution < -0.4 is 0 Å². The molecule has 110 valence electrons. The standard InChI is InChI=1S/C13H17NO5S/c1-8-5-10(20(4,18)19)6-11(9(8)2)13(17)14(3)7-12(15)16/h5-6H,7H2,1-4H3,(H,15,16). The van der Waals surface area contributed by atoms with Crippen molar-refractivity contribution in [3.63, 3.8) is 0 Å². The van der Waals surface area contributed by atoms with E-state index in [0.717, 1.165) is 11.2 Å². The second-order valence-electron chi connectivity index (χ2n) is 4.74. The van der Waals surface area contributed by atoms with E-state index in [2.05, 4.69) is 0 Å². The van der Waals surface area contributed by atoms with E-state index in [-0.39, 0.29) is 10.5 Å². The Labute approximate surface area is 117 Å². The summed E-state index contributed by atoms with van der Waals surface area (Å²) in [5.41, 5.74) is 1.51. The van der Waals surface area contributed by atoms with Crippen molar-refractivity contribution in [2.45, 2.75) is 18.7 Å². The third-order valence-electron chi connectivity index (χ3n) is 3.02. The molecule has 1 aromatic rings. The third kappa shape index (κ3) is 3.57. The summed E-state index contributed by atoms with van der Waals surface area (Å²) >= 11 is 0. The highest BCUT2D eigenvalue weighted by Crippen LogP contribution is 2.21. The number of carbonyl (C=O) groups excluding carboxylic acids is 1. The predicted octanol–water partition coefficient (Wildman–Crippen LogP) is 0.864. The number of sulfone groups is 1. The maximum atomic E-state index is 12.2. The number of rotatable bonds is 4. The highest BCUT2D eigenvalue weighted by Gasteiger charge is 2.20. The molecule has 0 atom stereocenters. The van der Waals surface area contributed by atoms with E-state index in [9.17, 15) is 18.0 Å². The molecule has 0 fully saturated rings. The minimum absolute atomic E-state index is 0.0488. The van der Waals surface area contributed by atoms with Crippen LogP contribution in [0.4, 0.5) is 0 Å². The minimum atomic E-state index is -3.43. The zero-order chi connectivity index (χ0) is 15.7. The molecule has 0 saturated carbocycles. The molecule has 0 aliphatic rings. The molecule has 0 bridgehead atoms. The quantitative estimate of drug-likeness (QED) is 0.890. The van der Waals surface area contributed by atoms with Gasteiger partial charge < -0.3 is 10.0 Å². The molecule has 20 heavy (non-hydrogen) atoms. The van der Waals surface area contributed by atoms with Gasteiger partial charge in [-0.1, -0.05) is 0 Å². The molecule has 0 radical (unpaired) electrons. The summed E-state index contributed by atoms with van der Waals surface area (Å²) in [5, 5.41) is 8.70. The normalized spacial score (nSPS) is 11.2. The van der Waals surface area contributed by atoms with Gasteiger partial charge in [-0.25, -0.2) is 8.42 Å². The first-order valence-corrected chi connectivity index (χ1v) is 7.71. The highest BCUT2D eigenvalue weighted by atomic mass is 32.2. The molecular weight excluding hydrogens is 282 g/mol. The van der Waals surface area contributed by atoms with Gasteiger partial charge >= 0.3 is 5.97 Å². The van der Waals surface area contributed by atoms with Crippen LogP contribution in [0.15, 0.2) is 17.0 Å². The summed E-state index contributed by atoms with van der Waals surface area (Å²) in [6.07, 6.45) is 1.06. The van der Waals surface area contributed by atoms with Crippen LogP contribution in [0.2, 0.25) is 0 Å². The van der Waals surface area contributed by atoms with E-state index in [4.69, 9.17) is 5.11 Å². The average Bonchev–Trinajstić information content (AvgIpc) is 2.29. The number of benzene rings is 1. The smallest absolute Gasteiger partial charge is 0.323 e. The van der Waals surface area contributed by atoms with Crippen molar-refractivity contribution < 1.29 is 23.1 Å². The second kappa shape index (κ2) is 5.62. The van der Waals surface area contributed by atoms with Gasteiger partial charge in [-0.05, 0) is 37.1 Å². The molecule has 1 rings (SSSR count). The lowest BCUT2D eigenvalue weighted by atomic mass is 10.0. The summed E-state index contributed by atoms with van der Waals surface area (Å²) in [6.45, 7) is 2.96. The molecule has 1 amide bonds. The monoisotopic (exact) mass is 299 g/mol. The van der Waals surface area contributed by atoms with Gasteiger partial charge in [0, 0.05) is 18.9 Å². The maximum absolute atomic E-state index is 12.2. The van der Waals surface area contributed by atoms with Crippen molar-refractivity contribution in [2.24, 2.45) is 0 Å². The van der Waals surface area contributed by atoms with E-state index in [1.54, 1.807) is 13.8 Å². The van der Waals surface area contributed by atoms with Crippen LogP contribution in [0.3, 0.4) is 0 Å². The van der Waals surface area contributed by atoms with Crippen LogP contribution in [0, 0.1) is 13.8 Å². The Morgan fingerprint density at radius 1 is 1.25 bits per heavy atom. The van der Waals surface area contributed by atoms with E-state index in [1.165, 1.54) is 19.2 Å². The summed E-state index contributed by atoms with van der Waals surface area (Å²) in [6, 6.07) is 2.79. The molecule has 1 N–H and O–H groups in total. The van der Waals surface area contributed by atoms with Crippen molar-refractivity contribution in [1.29, 1.82) is 0 Å². The topological polar surface area (TPSA) is 91.8 Å². The molecular formula is C13H17NO5S. The molecule has 0 saturated heterocycles. The Morgan fingerprint density at radius 3 is 2.25 bits per heavy atom. The fourth-order valence-corrected chi connectivity index (χ4v) is 2.47. The number of amides is 1. The van der Waals surface area contributed by atoms with E-state index in [0.29, 0.717) is 11.1 Å². The van der Waals surface area contributed by atoms with E-state index < -0.39 is 28.3 Å². The molecule has 0 aliphatic heterocycles. The lowest BCUT2D eigenvalue weighted by molar-refractivity contribution is -0.137. The number of aliphatic carboxylic acids is 1. The van der Waals surface area contributed by atoms with Gasteiger partial charge in [0.05, 0.1) is 4.90 Å². The fourth-order valence-electron chi connectivity index (χ4n) is 1.74. The molecule has 0 unspecified atom stereocenters. The molecule has 0 aliphatic carbocycles. The van der Waals surface area contributed by atoms with Crippen molar-refractivity contribution in [2.75, 3.05) is 19.8 Å². The summed E-state index contributed by atoms with van der Waals surface area (Å²) in [5.74, 6) is -1.65. The minimum Gasteiger partial charge on any atom is -0.480 e.